The van der Waals surface area contributed by atoms with Crippen LogP contribution in [0.25, 0.3) is 21.7 Å². The van der Waals surface area contributed by atoms with Crippen LogP contribution >= 0.6 is 0 Å². The van der Waals surface area contributed by atoms with Gasteiger partial charge in [0.1, 0.15) is 11.7 Å². The molecular weight excluding hydrogens is 320 g/mol. The lowest BCUT2D eigenvalue weighted by Crippen LogP contribution is -2.40. The first-order valence-corrected chi connectivity index (χ1v) is 8.15. The lowest BCUT2D eigenvalue weighted by atomic mass is 10.1. The molecule has 4 rings (SSSR count). The van der Waals surface area contributed by atoms with Gasteiger partial charge in [-0.05, 0) is 22.9 Å². The van der Waals surface area contributed by atoms with Gasteiger partial charge in [-0.2, -0.15) is 0 Å². The van der Waals surface area contributed by atoms with Crippen LogP contribution in [0.1, 0.15) is 16.9 Å². The number of fused-ring (bicyclic) bond motifs is 3. The molecule has 3 aromatic rings. The Hall–Kier alpha value is -2.86. The van der Waals surface area contributed by atoms with Crippen molar-refractivity contribution in [3.63, 3.8) is 0 Å². The standard InChI is InChI=1S/C19H18N2O4/c1-25-12-8-17(19(23)24)21(10-12)18(22)16-9-14-13-5-3-2-4-11(13)6-7-15(14)20-16/h2-7,9,12,17,20H,8,10H2,1H3,(H,23,24). The molecule has 2 aromatic carbocycles. The third kappa shape index (κ3) is 2.55. The molecule has 128 valence electrons. The molecule has 25 heavy (non-hydrogen) atoms. The first-order valence-electron chi connectivity index (χ1n) is 8.15. The number of hydrogen-bond acceptors (Lipinski definition) is 3. The molecule has 1 amide bonds. The van der Waals surface area contributed by atoms with Gasteiger partial charge < -0.3 is 19.7 Å². The monoisotopic (exact) mass is 338 g/mol. The summed E-state index contributed by atoms with van der Waals surface area (Å²) in [5, 5.41) is 12.5. The summed E-state index contributed by atoms with van der Waals surface area (Å²) in [6, 6.07) is 12.8. The highest BCUT2D eigenvalue weighted by Crippen LogP contribution is 2.28. The number of carboxylic acids is 1. The number of carbonyl (C=O) groups is 2. The number of amides is 1. The molecule has 6 heteroatoms. The summed E-state index contributed by atoms with van der Waals surface area (Å²) in [5.74, 6) is -1.32. The van der Waals surface area contributed by atoms with Crippen LogP contribution in [0.5, 0.6) is 0 Å². The number of nitrogens with zero attached hydrogens (tertiary/aromatic N) is 1. The number of aromatic amines is 1. The summed E-state index contributed by atoms with van der Waals surface area (Å²) in [6.45, 7) is 0.280. The van der Waals surface area contributed by atoms with Crippen molar-refractivity contribution in [3.8, 4) is 0 Å². The number of aromatic nitrogens is 1. The maximum absolute atomic E-state index is 12.9. The van der Waals surface area contributed by atoms with E-state index in [2.05, 4.69) is 4.98 Å². The van der Waals surface area contributed by atoms with Crippen molar-refractivity contribution < 1.29 is 19.4 Å². The molecule has 0 spiro atoms. The number of nitrogens with one attached hydrogen (secondary N) is 1. The topological polar surface area (TPSA) is 82.6 Å². The van der Waals surface area contributed by atoms with E-state index in [9.17, 15) is 14.7 Å². The predicted octanol–water partition coefficient (Wildman–Crippen LogP) is 2.64. The van der Waals surface area contributed by atoms with Crippen molar-refractivity contribution >= 4 is 33.6 Å². The normalized spacial score (nSPS) is 20.4. The second kappa shape index (κ2) is 5.89. The number of likely N-dealkylation sites (tertiary alicyclic amines) is 1. The van der Waals surface area contributed by atoms with Crippen molar-refractivity contribution in [1.82, 2.24) is 9.88 Å². The lowest BCUT2D eigenvalue weighted by Gasteiger charge is -2.20. The number of aliphatic carboxylic acids is 1. The Morgan fingerprint density at radius 2 is 2.00 bits per heavy atom. The highest BCUT2D eigenvalue weighted by Gasteiger charge is 2.40. The predicted molar refractivity (Wildman–Crippen MR) is 93.7 cm³/mol. The van der Waals surface area contributed by atoms with Gasteiger partial charge >= 0.3 is 5.97 Å². The van der Waals surface area contributed by atoms with Crippen LogP contribution in [0.3, 0.4) is 0 Å². The molecule has 2 unspecified atom stereocenters. The highest BCUT2D eigenvalue weighted by atomic mass is 16.5. The van der Waals surface area contributed by atoms with E-state index in [0.717, 1.165) is 21.7 Å². The molecule has 6 nitrogen and oxygen atoms in total. The van der Waals surface area contributed by atoms with Gasteiger partial charge in [0.2, 0.25) is 0 Å². The van der Waals surface area contributed by atoms with E-state index >= 15 is 0 Å². The molecule has 1 aliphatic heterocycles. The minimum absolute atomic E-state index is 0.254. The van der Waals surface area contributed by atoms with Gasteiger partial charge in [0.05, 0.1) is 6.10 Å². The fourth-order valence-electron chi connectivity index (χ4n) is 3.58. The van der Waals surface area contributed by atoms with Crippen LogP contribution in [0.2, 0.25) is 0 Å². The molecule has 2 atom stereocenters. The van der Waals surface area contributed by atoms with Crippen LogP contribution < -0.4 is 0 Å². The van der Waals surface area contributed by atoms with E-state index in [-0.39, 0.29) is 18.6 Å². The Morgan fingerprint density at radius 1 is 1.20 bits per heavy atom. The Labute approximate surface area is 144 Å². The Morgan fingerprint density at radius 3 is 2.76 bits per heavy atom. The first kappa shape index (κ1) is 15.7. The maximum Gasteiger partial charge on any atom is 0.326 e. The number of H-pyrrole nitrogens is 1. The molecule has 0 saturated carbocycles. The third-order valence-corrected chi connectivity index (χ3v) is 4.90. The summed E-state index contributed by atoms with van der Waals surface area (Å²) in [4.78, 5) is 28.9. The third-order valence-electron chi connectivity index (χ3n) is 4.90. The average Bonchev–Trinajstić information content (AvgIpc) is 3.25. The van der Waals surface area contributed by atoms with Gasteiger partial charge in [-0.1, -0.05) is 30.3 Å². The van der Waals surface area contributed by atoms with Gasteiger partial charge in [-0.3, -0.25) is 4.79 Å². The van der Waals surface area contributed by atoms with Gasteiger partial charge in [-0.15, -0.1) is 0 Å². The molecule has 0 aliphatic carbocycles. The molecule has 1 aliphatic rings. The average molecular weight is 338 g/mol. The summed E-state index contributed by atoms with van der Waals surface area (Å²) < 4.78 is 5.26. The van der Waals surface area contributed by atoms with Crippen LogP contribution in [0.15, 0.2) is 42.5 Å². The SMILES string of the molecule is COC1CC(C(=O)O)N(C(=O)c2cc3c(ccc4ccccc43)[nH]2)C1. The molecule has 1 saturated heterocycles. The van der Waals surface area contributed by atoms with E-state index < -0.39 is 12.0 Å². The minimum atomic E-state index is -1.01. The van der Waals surface area contributed by atoms with Crippen molar-refractivity contribution in [2.75, 3.05) is 13.7 Å². The number of carboxylic acid groups (broad SMARTS) is 1. The van der Waals surface area contributed by atoms with Crippen molar-refractivity contribution in [2.24, 2.45) is 0 Å². The number of ether oxygens (including phenoxy) is 1. The fraction of sp³-hybridized carbons (Fsp3) is 0.263. The molecule has 0 bridgehead atoms. The van der Waals surface area contributed by atoms with Crippen LogP contribution in [0, 0.1) is 0 Å². The summed E-state index contributed by atoms with van der Waals surface area (Å²) in [6.07, 6.45) is 0.0519. The Bertz CT molecular complexity index is 978. The van der Waals surface area contributed by atoms with Crippen LogP contribution in [-0.4, -0.2) is 52.7 Å². The van der Waals surface area contributed by atoms with Crippen molar-refractivity contribution in [2.45, 2.75) is 18.6 Å². The number of methoxy groups -OCH3 is 1. The highest BCUT2D eigenvalue weighted by molar-refractivity contribution is 6.10. The van der Waals surface area contributed by atoms with Gasteiger partial charge in [0.15, 0.2) is 0 Å². The minimum Gasteiger partial charge on any atom is -0.480 e. The zero-order valence-corrected chi connectivity index (χ0v) is 13.7. The van der Waals surface area contributed by atoms with Crippen molar-refractivity contribution in [1.29, 1.82) is 0 Å². The second-order valence-corrected chi connectivity index (χ2v) is 6.34. The fourth-order valence-corrected chi connectivity index (χ4v) is 3.58. The zero-order valence-electron chi connectivity index (χ0n) is 13.7. The Balaban J connectivity index is 1.75. The number of rotatable bonds is 3. The quantitative estimate of drug-likeness (QED) is 0.769. The molecule has 2 heterocycles. The van der Waals surface area contributed by atoms with Gasteiger partial charge in [-0.25, -0.2) is 4.79 Å². The van der Waals surface area contributed by atoms with Gasteiger partial charge in [0, 0.05) is 31.0 Å². The molecule has 1 fully saturated rings. The maximum atomic E-state index is 12.9. The largest absolute Gasteiger partial charge is 0.480 e. The van der Waals surface area contributed by atoms with E-state index in [4.69, 9.17) is 4.74 Å². The molecule has 2 N–H and O–H groups in total. The van der Waals surface area contributed by atoms with Gasteiger partial charge in [0.25, 0.3) is 5.91 Å². The molecule has 0 radical (unpaired) electrons. The number of carbonyl (C=O) groups excluding carboxylic acids is 1. The van der Waals surface area contributed by atoms with E-state index in [1.165, 1.54) is 12.0 Å². The van der Waals surface area contributed by atoms with Crippen LogP contribution in [0.4, 0.5) is 0 Å². The molecule has 1 aromatic heterocycles. The number of benzene rings is 2. The second-order valence-electron chi connectivity index (χ2n) is 6.34. The Kier molecular flexibility index (Phi) is 3.69. The summed E-state index contributed by atoms with van der Waals surface area (Å²) >= 11 is 0. The zero-order chi connectivity index (χ0) is 17.6. The summed E-state index contributed by atoms with van der Waals surface area (Å²) in [7, 11) is 1.53. The summed E-state index contributed by atoms with van der Waals surface area (Å²) in [5.41, 5.74) is 1.26. The molecular formula is C19H18N2O4. The first-order chi connectivity index (χ1) is 12.1. The smallest absolute Gasteiger partial charge is 0.326 e. The van der Waals surface area contributed by atoms with E-state index in [1.807, 2.05) is 36.4 Å². The number of hydrogen-bond donors (Lipinski definition) is 2. The van der Waals surface area contributed by atoms with E-state index in [1.54, 1.807) is 6.07 Å². The van der Waals surface area contributed by atoms with Crippen LogP contribution in [-0.2, 0) is 9.53 Å². The lowest BCUT2D eigenvalue weighted by molar-refractivity contribution is -0.141. The van der Waals surface area contributed by atoms with Crippen molar-refractivity contribution in [3.05, 3.63) is 48.2 Å². The van der Waals surface area contributed by atoms with E-state index in [0.29, 0.717) is 12.1 Å².